The summed E-state index contributed by atoms with van der Waals surface area (Å²) in [7, 11) is 0. The third kappa shape index (κ3) is 4.56. The highest BCUT2D eigenvalue weighted by atomic mass is 32.1. The van der Waals surface area contributed by atoms with E-state index in [9.17, 15) is 14.9 Å². The van der Waals surface area contributed by atoms with Crippen LogP contribution in [-0.2, 0) is 4.79 Å². The van der Waals surface area contributed by atoms with Crippen LogP contribution in [0.2, 0.25) is 0 Å². The van der Waals surface area contributed by atoms with E-state index in [4.69, 9.17) is 0 Å². The first-order valence-corrected chi connectivity index (χ1v) is 10.0. The molecular weight excluding hydrogens is 396 g/mol. The third-order valence-electron chi connectivity index (χ3n) is 4.41. The number of para-hydroxylation sites is 1. The van der Waals surface area contributed by atoms with Crippen LogP contribution >= 0.6 is 11.3 Å². The maximum atomic E-state index is 12.1. The zero-order chi connectivity index (χ0) is 20.9. The number of carbonyl (C=O) groups excluding carboxylic acids is 1. The second-order valence-electron chi connectivity index (χ2n) is 6.53. The van der Waals surface area contributed by atoms with E-state index in [-0.39, 0.29) is 11.5 Å². The standard InChI is InChI=1S/C24H16N2O3S/c27-21(15-11-18-4-3-5-20(16-18)26(28)29)14-10-17-8-12-19(13-9-17)24-25-22-6-1-2-7-23(22)30-24/h1-16H. The maximum absolute atomic E-state index is 12.1. The van der Waals surface area contributed by atoms with Gasteiger partial charge in [0.15, 0.2) is 5.78 Å². The zero-order valence-electron chi connectivity index (χ0n) is 15.8. The number of thiazole rings is 1. The van der Waals surface area contributed by atoms with Crippen LogP contribution < -0.4 is 0 Å². The molecule has 0 aliphatic carbocycles. The molecule has 0 unspecified atom stereocenters. The number of nitrogens with zero attached hydrogens (tertiary/aromatic N) is 2. The number of ketones is 1. The molecule has 0 aliphatic heterocycles. The average molecular weight is 412 g/mol. The number of nitro benzene ring substituents is 1. The van der Waals surface area contributed by atoms with Gasteiger partial charge in [-0.05, 0) is 35.4 Å². The molecule has 30 heavy (non-hydrogen) atoms. The van der Waals surface area contributed by atoms with Crippen LogP contribution in [0.5, 0.6) is 0 Å². The van der Waals surface area contributed by atoms with Crippen molar-refractivity contribution in [2.24, 2.45) is 0 Å². The number of carbonyl (C=O) groups is 1. The van der Waals surface area contributed by atoms with Gasteiger partial charge in [-0.3, -0.25) is 14.9 Å². The highest BCUT2D eigenvalue weighted by Gasteiger charge is 2.06. The van der Waals surface area contributed by atoms with Crippen molar-refractivity contribution in [3.8, 4) is 10.6 Å². The first kappa shape index (κ1) is 19.4. The molecule has 146 valence electrons. The molecule has 0 atom stereocenters. The molecule has 3 aromatic carbocycles. The van der Waals surface area contributed by atoms with E-state index in [0.717, 1.165) is 26.4 Å². The van der Waals surface area contributed by atoms with E-state index in [1.165, 1.54) is 24.3 Å². The van der Waals surface area contributed by atoms with Gasteiger partial charge in [0.25, 0.3) is 5.69 Å². The number of hydrogen-bond acceptors (Lipinski definition) is 5. The fourth-order valence-corrected chi connectivity index (χ4v) is 3.86. The smallest absolute Gasteiger partial charge is 0.270 e. The largest absolute Gasteiger partial charge is 0.290 e. The maximum Gasteiger partial charge on any atom is 0.270 e. The number of benzene rings is 3. The van der Waals surface area contributed by atoms with Gasteiger partial charge in [-0.1, -0.05) is 60.7 Å². The van der Waals surface area contributed by atoms with Gasteiger partial charge in [-0.15, -0.1) is 11.3 Å². The molecule has 5 nitrogen and oxygen atoms in total. The number of hydrogen-bond donors (Lipinski definition) is 0. The third-order valence-corrected chi connectivity index (χ3v) is 5.50. The van der Waals surface area contributed by atoms with Gasteiger partial charge in [0.05, 0.1) is 15.1 Å². The van der Waals surface area contributed by atoms with Crippen LogP contribution in [0.15, 0.2) is 84.9 Å². The molecule has 1 heterocycles. The molecule has 0 N–H and O–H groups in total. The first-order chi connectivity index (χ1) is 14.6. The summed E-state index contributed by atoms with van der Waals surface area (Å²) in [4.78, 5) is 27.1. The Morgan fingerprint density at radius 1 is 0.900 bits per heavy atom. The molecule has 1 aromatic heterocycles. The van der Waals surface area contributed by atoms with Gasteiger partial charge >= 0.3 is 0 Å². The second-order valence-corrected chi connectivity index (χ2v) is 7.56. The molecule has 0 aliphatic rings. The number of non-ortho nitro benzene ring substituents is 1. The molecule has 4 aromatic rings. The van der Waals surface area contributed by atoms with Crippen LogP contribution in [0.25, 0.3) is 32.9 Å². The quantitative estimate of drug-likeness (QED) is 0.216. The van der Waals surface area contributed by atoms with Crippen molar-refractivity contribution in [3.63, 3.8) is 0 Å². The van der Waals surface area contributed by atoms with E-state index in [1.807, 2.05) is 42.5 Å². The fourth-order valence-electron chi connectivity index (χ4n) is 2.89. The predicted octanol–water partition coefficient (Wildman–Crippen LogP) is 6.17. The van der Waals surface area contributed by atoms with Crippen molar-refractivity contribution in [1.82, 2.24) is 4.98 Å². The van der Waals surface area contributed by atoms with Gasteiger partial charge in [-0.2, -0.15) is 0 Å². The van der Waals surface area contributed by atoms with Crippen LogP contribution in [0, 0.1) is 10.1 Å². The molecule has 0 bridgehead atoms. The average Bonchev–Trinajstić information content (AvgIpc) is 3.21. The molecule has 6 heteroatoms. The summed E-state index contributed by atoms with van der Waals surface area (Å²) in [6.07, 6.45) is 6.17. The van der Waals surface area contributed by atoms with Gasteiger partial charge < -0.3 is 0 Å². The Bertz CT molecular complexity index is 1250. The molecule has 4 rings (SSSR count). The summed E-state index contributed by atoms with van der Waals surface area (Å²) in [5.74, 6) is -0.197. The van der Waals surface area contributed by atoms with Crippen molar-refractivity contribution in [1.29, 1.82) is 0 Å². The number of aromatic nitrogens is 1. The SMILES string of the molecule is O=C(C=Cc1ccc(-c2nc3ccccc3s2)cc1)C=Cc1cccc([N+](=O)[O-])c1. The monoisotopic (exact) mass is 412 g/mol. The normalized spacial score (nSPS) is 11.5. The number of nitro groups is 1. The van der Waals surface area contributed by atoms with Gasteiger partial charge in [-0.25, -0.2) is 4.98 Å². The lowest BCUT2D eigenvalue weighted by Gasteiger charge is -1.97. The van der Waals surface area contributed by atoms with Crippen LogP contribution in [0.3, 0.4) is 0 Å². The summed E-state index contributed by atoms with van der Waals surface area (Å²) in [6.45, 7) is 0. The molecule has 0 saturated carbocycles. The zero-order valence-corrected chi connectivity index (χ0v) is 16.6. The van der Waals surface area contributed by atoms with Crippen molar-refractivity contribution >= 4 is 45.2 Å². The minimum atomic E-state index is -0.461. The van der Waals surface area contributed by atoms with Crippen molar-refractivity contribution in [2.75, 3.05) is 0 Å². The Hall–Kier alpha value is -3.90. The minimum absolute atomic E-state index is 0.00615. The van der Waals surface area contributed by atoms with E-state index in [2.05, 4.69) is 11.1 Å². The lowest BCUT2D eigenvalue weighted by molar-refractivity contribution is -0.384. The lowest BCUT2D eigenvalue weighted by Crippen LogP contribution is -1.88. The summed E-state index contributed by atoms with van der Waals surface area (Å²) in [5.41, 5.74) is 3.52. The lowest BCUT2D eigenvalue weighted by atomic mass is 10.1. The molecule has 0 radical (unpaired) electrons. The van der Waals surface area contributed by atoms with E-state index in [0.29, 0.717) is 5.56 Å². The summed E-state index contributed by atoms with van der Waals surface area (Å²) < 4.78 is 1.15. The van der Waals surface area contributed by atoms with Crippen molar-refractivity contribution in [2.45, 2.75) is 0 Å². The van der Waals surface area contributed by atoms with Crippen LogP contribution in [-0.4, -0.2) is 15.7 Å². The summed E-state index contributed by atoms with van der Waals surface area (Å²) in [6, 6.07) is 22.0. The number of rotatable bonds is 6. The summed E-state index contributed by atoms with van der Waals surface area (Å²) >= 11 is 1.65. The Kier molecular flexibility index (Phi) is 5.59. The Morgan fingerprint density at radius 2 is 1.63 bits per heavy atom. The van der Waals surface area contributed by atoms with Crippen LogP contribution in [0.1, 0.15) is 11.1 Å². The first-order valence-electron chi connectivity index (χ1n) is 9.19. The molecule has 0 saturated heterocycles. The highest BCUT2D eigenvalue weighted by molar-refractivity contribution is 7.21. The number of allylic oxidation sites excluding steroid dienone is 2. The molecule has 0 fully saturated rings. The number of fused-ring (bicyclic) bond motifs is 1. The Balaban J connectivity index is 1.43. The summed E-state index contributed by atoms with van der Waals surface area (Å²) in [5, 5.41) is 11.8. The highest BCUT2D eigenvalue weighted by Crippen LogP contribution is 2.30. The van der Waals surface area contributed by atoms with Crippen molar-refractivity contribution < 1.29 is 9.72 Å². The molecule has 0 spiro atoms. The van der Waals surface area contributed by atoms with Crippen LogP contribution in [0.4, 0.5) is 5.69 Å². The van der Waals surface area contributed by atoms with Gasteiger partial charge in [0, 0.05) is 17.7 Å². The van der Waals surface area contributed by atoms with E-state index < -0.39 is 4.92 Å². The Labute approximate surface area is 176 Å². The predicted molar refractivity (Wildman–Crippen MR) is 121 cm³/mol. The topological polar surface area (TPSA) is 73.1 Å². The van der Waals surface area contributed by atoms with Gasteiger partial charge in [0.2, 0.25) is 0 Å². The molecule has 0 amide bonds. The van der Waals surface area contributed by atoms with Crippen molar-refractivity contribution in [3.05, 3.63) is 106 Å². The van der Waals surface area contributed by atoms with E-state index in [1.54, 1.807) is 35.6 Å². The molecular formula is C24H16N2O3S. The van der Waals surface area contributed by atoms with E-state index >= 15 is 0 Å². The van der Waals surface area contributed by atoms with Gasteiger partial charge in [0.1, 0.15) is 5.01 Å². The minimum Gasteiger partial charge on any atom is -0.290 e. The fraction of sp³-hybridized carbons (Fsp3) is 0. The second kappa shape index (κ2) is 8.63. The Morgan fingerprint density at radius 3 is 2.37 bits per heavy atom.